The van der Waals surface area contributed by atoms with Gasteiger partial charge in [-0.05, 0) is 62.7 Å². The lowest BCUT2D eigenvalue weighted by atomic mass is 10.1. The van der Waals surface area contributed by atoms with E-state index in [2.05, 4.69) is 15.5 Å². The lowest BCUT2D eigenvalue weighted by Gasteiger charge is -2.13. The number of nitrogens with one attached hydrogen (secondary N) is 1. The van der Waals surface area contributed by atoms with Crippen LogP contribution in [0.15, 0.2) is 65.9 Å². The third-order valence-corrected chi connectivity index (χ3v) is 5.61. The number of pyridine rings is 1. The van der Waals surface area contributed by atoms with Gasteiger partial charge in [-0.2, -0.15) is 0 Å². The van der Waals surface area contributed by atoms with Gasteiger partial charge in [0, 0.05) is 24.2 Å². The van der Waals surface area contributed by atoms with Crippen molar-refractivity contribution in [3.05, 3.63) is 94.9 Å². The molecule has 7 nitrogen and oxygen atoms in total. The van der Waals surface area contributed by atoms with Crippen molar-refractivity contribution < 1.29 is 23.5 Å². The summed E-state index contributed by atoms with van der Waals surface area (Å²) in [6.07, 6.45) is 1.62. The van der Waals surface area contributed by atoms with Crippen molar-refractivity contribution in [3.63, 3.8) is 0 Å². The molecule has 0 bridgehead atoms. The molecule has 36 heavy (non-hydrogen) atoms. The van der Waals surface area contributed by atoms with E-state index in [4.69, 9.17) is 4.74 Å². The SMILES string of the molecule is C/C(=N/O)c1c(C(=O)NCc2ccc(F)c(F)c2)c2ccc(OC(C)C)cc2n1Cc1ccccn1. The summed E-state index contributed by atoms with van der Waals surface area (Å²) in [6.45, 7) is 5.72. The van der Waals surface area contributed by atoms with Gasteiger partial charge >= 0.3 is 0 Å². The monoisotopic (exact) mass is 492 g/mol. The summed E-state index contributed by atoms with van der Waals surface area (Å²) in [4.78, 5) is 17.9. The van der Waals surface area contributed by atoms with Gasteiger partial charge in [0.15, 0.2) is 11.6 Å². The van der Waals surface area contributed by atoms with Gasteiger partial charge in [-0.1, -0.05) is 17.3 Å². The minimum absolute atomic E-state index is 0.0216. The van der Waals surface area contributed by atoms with Crippen LogP contribution < -0.4 is 10.1 Å². The zero-order valence-electron chi connectivity index (χ0n) is 20.1. The summed E-state index contributed by atoms with van der Waals surface area (Å²) in [5, 5.41) is 16.4. The van der Waals surface area contributed by atoms with E-state index in [0.717, 1.165) is 17.8 Å². The van der Waals surface area contributed by atoms with Crippen molar-refractivity contribution >= 4 is 22.5 Å². The molecule has 2 N–H and O–H groups in total. The van der Waals surface area contributed by atoms with E-state index in [1.807, 2.05) is 42.7 Å². The molecule has 0 spiro atoms. The van der Waals surface area contributed by atoms with Crippen molar-refractivity contribution in [1.82, 2.24) is 14.9 Å². The fourth-order valence-electron chi connectivity index (χ4n) is 4.07. The Hall–Kier alpha value is -4.27. The first-order chi connectivity index (χ1) is 17.3. The number of nitrogens with zero attached hydrogens (tertiary/aromatic N) is 3. The highest BCUT2D eigenvalue weighted by Gasteiger charge is 2.25. The summed E-state index contributed by atoms with van der Waals surface area (Å²) in [5.41, 5.74) is 2.75. The molecule has 0 saturated heterocycles. The van der Waals surface area contributed by atoms with Gasteiger partial charge < -0.3 is 19.8 Å². The van der Waals surface area contributed by atoms with Crippen molar-refractivity contribution in [2.45, 2.75) is 40.0 Å². The predicted molar refractivity (Wildman–Crippen MR) is 133 cm³/mol. The van der Waals surface area contributed by atoms with E-state index in [9.17, 15) is 18.8 Å². The average Bonchev–Trinajstić information content (AvgIpc) is 3.17. The first-order valence-corrected chi connectivity index (χ1v) is 11.4. The summed E-state index contributed by atoms with van der Waals surface area (Å²) >= 11 is 0. The molecule has 0 aliphatic heterocycles. The topological polar surface area (TPSA) is 88.7 Å². The molecule has 0 fully saturated rings. The van der Waals surface area contributed by atoms with Crippen molar-refractivity contribution in [1.29, 1.82) is 0 Å². The maximum absolute atomic E-state index is 13.6. The molecule has 0 radical (unpaired) electrons. The van der Waals surface area contributed by atoms with Crippen LogP contribution >= 0.6 is 0 Å². The molecule has 4 aromatic rings. The second kappa shape index (κ2) is 10.6. The largest absolute Gasteiger partial charge is 0.491 e. The number of oxime groups is 1. The normalized spacial score (nSPS) is 11.8. The number of rotatable bonds is 8. The smallest absolute Gasteiger partial charge is 0.254 e. The fourth-order valence-corrected chi connectivity index (χ4v) is 4.07. The van der Waals surface area contributed by atoms with Gasteiger partial charge in [0.2, 0.25) is 0 Å². The molecular weight excluding hydrogens is 466 g/mol. The minimum atomic E-state index is -0.990. The number of hydrogen-bond acceptors (Lipinski definition) is 5. The minimum Gasteiger partial charge on any atom is -0.491 e. The summed E-state index contributed by atoms with van der Waals surface area (Å²) in [7, 11) is 0. The Morgan fingerprint density at radius 3 is 2.61 bits per heavy atom. The van der Waals surface area contributed by atoms with Gasteiger partial charge in [0.05, 0.1) is 35.1 Å². The number of ether oxygens (including phenoxy) is 1. The molecule has 2 aromatic carbocycles. The molecule has 9 heteroatoms. The summed E-state index contributed by atoms with van der Waals surface area (Å²) in [6, 6.07) is 14.4. The number of aromatic nitrogens is 2. The number of halogens is 2. The van der Waals surface area contributed by atoms with E-state index in [0.29, 0.717) is 34.5 Å². The molecule has 2 heterocycles. The van der Waals surface area contributed by atoms with Gasteiger partial charge in [-0.15, -0.1) is 0 Å². The molecular formula is C27H26F2N4O3. The van der Waals surface area contributed by atoms with Crippen LogP contribution in [0.25, 0.3) is 10.9 Å². The third kappa shape index (κ3) is 5.19. The number of fused-ring (bicyclic) bond motifs is 1. The van der Waals surface area contributed by atoms with Crippen molar-refractivity contribution in [2.24, 2.45) is 5.16 Å². The van der Waals surface area contributed by atoms with Crippen LogP contribution in [-0.2, 0) is 13.1 Å². The quantitative estimate of drug-likeness (QED) is 0.199. The number of benzene rings is 2. The molecule has 0 aliphatic carbocycles. The van der Waals surface area contributed by atoms with Gasteiger partial charge in [-0.25, -0.2) is 8.78 Å². The summed E-state index contributed by atoms with van der Waals surface area (Å²) < 4.78 is 34.7. The number of carbonyl (C=O) groups excluding carboxylic acids is 1. The molecule has 186 valence electrons. The van der Waals surface area contributed by atoms with Crippen LogP contribution in [0.5, 0.6) is 5.75 Å². The van der Waals surface area contributed by atoms with Crippen LogP contribution in [0.1, 0.15) is 48.1 Å². The zero-order valence-corrected chi connectivity index (χ0v) is 20.1. The molecule has 0 atom stereocenters. The van der Waals surface area contributed by atoms with Crippen LogP contribution in [0.4, 0.5) is 8.78 Å². The van der Waals surface area contributed by atoms with E-state index in [-0.39, 0.29) is 23.9 Å². The second-order valence-electron chi connectivity index (χ2n) is 8.59. The maximum atomic E-state index is 13.6. The van der Waals surface area contributed by atoms with E-state index in [1.165, 1.54) is 6.07 Å². The van der Waals surface area contributed by atoms with Crippen LogP contribution in [0, 0.1) is 11.6 Å². The summed E-state index contributed by atoms with van der Waals surface area (Å²) in [5.74, 6) is -1.79. The van der Waals surface area contributed by atoms with Gasteiger partial charge in [0.1, 0.15) is 11.5 Å². The van der Waals surface area contributed by atoms with E-state index in [1.54, 1.807) is 25.3 Å². The Morgan fingerprint density at radius 2 is 1.94 bits per heavy atom. The number of hydrogen-bond donors (Lipinski definition) is 2. The Labute approximate surface area is 207 Å². The number of amides is 1. The lowest BCUT2D eigenvalue weighted by molar-refractivity contribution is 0.0952. The highest BCUT2D eigenvalue weighted by molar-refractivity contribution is 6.17. The standard InChI is InChI=1S/C27H26F2N4O3/c1-16(2)36-20-8-9-21-24(13-20)33(15-19-6-4-5-11-30-19)26(17(3)32-35)25(21)27(34)31-14-18-7-10-22(28)23(29)12-18/h4-13,16,35H,14-15H2,1-3H3,(H,31,34)/b32-17-. The molecule has 4 rings (SSSR count). The molecule has 0 aliphatic rings. The van der Waals surface area contributed by atoms with Crippen molar-refractivity contribution in [2.75, 3.05) is 0 Å². The van der Waals surface area contributed by atoms with E-state index < -0.39 is 17.5 Å². The van der Waals surface area contributed by atoms with Crippen molar-refractivity contribution in [3.8, 4) is 5.75 Å². The Morgan fingerprint density at radius 1 is 1.14 bits per heavy atom. The molecule has 2 aromatic heterocycles. The first kappa shape index (κ1) is 24.8. The van der Waals surface area contributed by atoms with Crippen LogP contribution in [-0.4, -0.2) is 32.5 Å². The fraction of sp³-hybridized carbons (Fsp3) is 0.222. The van der Waals surface area contributed by atoms with Crippen LogP contribution in [0.3, 0.4) is 0 Å². The third-order valence-electron chi connectivity index (χ3n) is 5.61. The average molecular weight is 493 g/mol. The predicted octanol–water partition coefficient (Wildman–Crippen LogP) is 5.28. The second-order valence-corrected chi connectivity index (χ2v) is 8.59. The Kier molecular flexibility index (Phi) is 7.28. The highest BCUT2D eigenvalue weighted by Crippen LogP contribution is 2.31. The first-order valence-electron chi connectivity index (χ1n) is 11.4. The van der Waals surface area contributed by atoms with Gasteiger partial charge in [0.25, 0.3) is 5.91 Å². The zero-order chi connectivity index (χ0) is 25.8. The Balaban J connectivity index is 1.83. The lowest BCUT2D eigenvalue weighted by Crippen LogP contribution is -2.25. The van der Waals surface area contributed by atoms with E-state index >= 15 is 0 Å². The number of carbonyl (C=O) groups is 1. The maximum Gasteiger partial charge on any atom is 0.254 e. The molecule has 0 saturated carbocycles. The molecule has 0 unspecified atom stereocenters. The van der Waals surface area contributed by atoms with Gasteiger partial charge in [-0.3, -0.25) is 9.78 Å². The van der Waals surface area contributed by atoms with Crippen LogP contribution in [0.2, 0.25) is 0 Å². The highest BCUT2D eigenvalue weighted by atomic mass is 19.2. The Bertz CT molecular complexity index is 1430. The molecule has 1 amide bonds.